The lowest BCUT2D eigenvalue weighted by Crippen LogP contribution is -2.29. The molecule has 0 saturated carbocycles. The number of carboxylic acid groups (broad SMARTS) is 1. The lowest BCUT2D eigenvalue weighted by molar-refractivity contribution is 0.0696. The quantitative estimate of drug-likeness (QED) is 0.716. The summed E-state index contributed by atoms with van der Waals surface area (Å²) in [6, 6.07) is 0. The van der Waals surface area contributed by atoms with Gasteiger partial charge in [0.1, 0.15) is 0 Å². The van der Waals surface area contributed by atoms with E-state index in [1.165, 1.54) is 12.4 Å². The number of nitrogens with zero attached hydrogens (tertiary/aromatic N) is 3. The van der Waals surface area contributed by atoms with Crippen LogP contribution in [0.25, 0.3) is 0 Å². The van der Waals surface area contributed by atoms with E-state index in [0.717, 1.165) is 6.54 Å². The molecule has 0 atom stereocenters. The second kappa shape index (κ2) is 6.80. The Morgan fingerprint density at radius 2 is 2.06 bits per heavy atom. The van der Waals surface area contributed by atoms with E-state index in [9.17, 15) is 4.79 Å². The van der Waals surface area contributed by atoms with Gasteiger partial charge in [-0.1, -0.05) is 0 Å². The predicted octanol–water partition coefficient (Wildman–Crippen LogP) is 1.04. The Balaban J connectivity index is 2.65. The molecule has 94 valence electrons. The van der Waals surface area contributed by atoms with Crippen LogP contribution in [0, 0.1) is 0 Å². The summed E-state index contributed by atoms with van der Waals surface area (Å²) in [6.45, 7) is 6.65. The van der Waals surface area contributed by atoms with Crippen molar-refractivity contribution in [3.05, 3.63) is 18.0 Å². The molecule has 1 aromatic heterocycles. The van der Waals surface area contributed by atoms with E-state index in [1.807, 2.05) is 18.7 Å². The van der Waals surface area contributed by atoms with Gasteiger partial charge in [-0.25, -0.2) is 14.8 Å². The van der Waals surface area contributed by atoms with Gasteiger partial charge >= 0.3 is 5.97 Å². The van der Waals surface area contributed by atoms with Gasteiger partial charge in [0.05, 0.1) is 12.2 Å². The number of carboxylic acids is 1. The first kappa shape index (κ1) is 13.4. The van der Waals surface area contributed by atoms with E-state index >= 15 is 0 Å². The van der Waals surface area contributed by atoms with Gasteiger partial charge in [-0.3, -0.25) is 0 Å². The van der Waals surface area contributed by atoms with Crippen molar-refractivity contribution in [3.63, 3.8) is 0 Å². The number of hydrogen-bond donors (Lipinski definition) is 1. The molecular weight excluding hydrogens is 222 g/mol. The van der Waals surface area contributed by atoms with Crippen LogP contribution in [0.15, 0.2) is 12.4 Å². The summed E-state index contributed by atoms with van der Waals surface area (Å²) < 4.78 is 5.26. The molecule has 17 heavy (non-hydrogen) atoms. The number of likely N-dealkylation sites (N-methyl/N-ethyl adjacent to an activating group) is 1. The monoisotopic (exact) mass is 239 g/mol. The number of anilines is 1. The van der Waals surface area contributed by atoms with Gasteiger partial charge in [0.2, 0.25) is 5.95 Å². The van der Waals surface area contributed by atoms with Crippen LogP contribution in [0.3, 0.4) is 0 Å². The molecule has 0 fully saturated rings. The molecule has 0 amide bonds. The molecule has 0 aliphatic heterocycles. The molecule has 0 unspecified atom stereocenters. The highest BCUT2D eigenvalue weighted by atomic mass is 16.5. The van der Waals surface area contributed by atoms with Crippen LogP contribution in [-0.4, -0.2) is 47.3 Å². The van der Waals surface area contributed by atoms with Crippen LogP contribution < -0.4 is 4.90 Å². The fourth-order valence-electron chi connectivity index (χ4n) is 1.31. The third-order valence-electron chi connectivity index (χ3n) is 2.26. The van der Waals surface area contributed by atoms with Crippen molar-refractivity contribution in [3.8, 4) is 0 Å². The van der Waals surface area contributed by atoms with Crippen LogP contribution in [0.5, 0.6) is 0 Å². The number of rotatable bonds is 7. The summed E-state index contributed by atoms with van der Waals surface area (Å²) in [4.78, 5) is 20.6. The normalized spacial score (nSPS) is 10.2. The highest BCUT2D eigenvalue weighted by molar-refractivity contribution is 5.86. The van der Waals surface area contributed by atoms with Gasteiger partial charge in [-0.15, -0.1) is 0 Å². The van der Waals surface area contributed by atoms with Crippen molar-refractivity contribution >= 4 is 11.9 Å². The minimum absolute atomic E-state index is 0.0922. The minimum Gasteiger partial charge on any atom is -0.478 e. The summed E-state index contributed by atoms with van der Waals surface area (Å²) in [5.74, 6) is -0.494. The maximum absolute atomic E-state index is 10.6. The largest absolute Gasteiger partial charge is 0.478 e. The van der Waals surface area contributed by atoms with Crippen LogP contribution >= 0.6 is 0 Å². The Morgan fingerprint density at radius 1 is 1.41 bits per heavy atom. The van der Waals surface area contributed by atoms with E-state index in [1.54, 1.807) is 0 Å². The van der Waals surface area contributed by atoms with Gasteiger partial charge in [-0.05, 0) is 13.8 Å². The van der Waals surface area contributed by atoms with E-state index in [0.29, 0.717) is 25.7 Å². The molecule has 6 nitrogen and oxygen atoms in total. The minimum atomic E-state index is -1.02. The smallest absolute Gasteiger partial charge is 0.338 e. The number of aromatic nitrogens is 2. The summed E-state index contributed by atoms with van der Waals surface area (Å²) >= 11 is 0. The molecule has 0 saturated heterocycles. The SMILES string of the molecule is CCOCCN(CC)c1ncc(C(=O)O)cn1. The first-order valence-electron chi connectivity index (χ1n) is 5.57. The van der Waals surface area contributed by atoms with E-state index < -0.39 is 5.97 Å². The van der Waals surface area contributed by atoms with Crippen LogP contribution in [-0.2, 0) is 4.74 Å². The van der Waals surface area contributed by atoms with E-state index in [4.69, 9.17) is 9.84 Å². The number of carbonyl (C=O) groups is 1. The Morgan fingerprint density at radius 3 is 2.53 bits per heavy atom. The average molecular weight is 239 g/mol. The molecule has 0 spiro atoms. The van der Waals surface area contributed by atoms with Gasteiger partial charge in [-0.2, -0.15) is 0 Å². The average Bonchev–Trinajstić information content (AvgIpc) is 2.35. The zero-order valence-electron chi connectivity index (χ0n) is 10.1. The standard InChI is InChI=1S/C11H17N3O3/c1-3-14(5-6-17-4-2)11-12-7-9(8-13-11)10(15)16/h7-8H,3-6H2,1-2H3,(H,15,16). The maximum atomic E-state index is 10.6. The number of hydrogen-bond acceptors (Lipinski definition) is 5. The second-order valence-corrected chi connectivity index (χ2v) is 3.35. The summed E-state index contributed by atoms with van der Waals surface area (Å²) in [5, 5.41) is 8.73. The van der Waals surface area contributed by atoms with E-state index in [2.05, 4.69) is 9.97 Å². The Bertz CT molecular complexity index is 353. The van der Waals surface area contributed by atoms with Crippen molar-refractivity contribution in [1.82, 2.24) is 9.97 Å². The first-order valence-corrected chi connectivity index (χ1v) is 5.57. The fraction of sp³-hybridized carbons (Fsp3) is 0.545. The summed E-state index contributed by atoms with van der Waals surface area (Å²) in [7, 11) is 0. The fourth-order valence-corrected chi connectivity index (χ4v) is 1.31. The number of ether oxygens (including phenoxy) is 1. The van der Waals surface area contributed by atoms with Crippen molar-refractivity contribution in [1.29, 1.82) is 0 Å². The second-order valence-electron chi connectivity index (χ2n) is 3.35. The Kier molecular flexibility index (Phi) is 5.35. The maximum Gasteiger partial charge on any atom is 0.338 e. The van der Waals surface area contributed by atoms with Crippen molar-refractivity contribution in [2.75, 3.05) is 31.2 Å². The van der Waals surface area contributed by atoms with E-state index in [-0.39, 0.29) is 5.56 Å². The van der Waals surface area contributed by atoms with Gasteiger partial charge in [0.25, 0.3) is 0 Å². The molecule has 0 aromatic carbocycles. The molecular formula is C11H17N3O3. The number of aromatic carboxylic acids is 1. The zero-order valence-corrected chi connectivity index (χ0v) is 10.1. The lowest BCUT2D eigenvalue weighted by Gasteiger charge is -2.20. The van der Waals surface area contributed by atoms with Gasteiger partial charge in [0, 0.05) is 32.1 Å². The zero-order chi connectivity index (χ0) is 12.7. The Hall–Kier alpha value is -1.69. The first-order chi connectivity index (χ1) is 8.19. The molecule has 0 aliphatic rings. The molecule has 6 heteroatoms. The third kappa shape index (κ3) is 3.99. The molecule has 0 aliphatic carbocycles. The van der Waals surface area contributed by atoms with Gasteiger partial charge < -0.3 is 14.7 Å². The predicted molar refractivity (Wildman–Crippen MR) is 63.4 cm³/mol. The highest BCUT2D eigenvalue weighted by Crippen LogP contribution is 2.06. The lowest BCUT2D eigenvalue weighted by atomic mass is 10.3. The third-order valence-corrected chi connectivity index (χ3v) is 2.26. The molecule has 1 heterocycles. The molecule has 1 aromatic rings. The van der Waals surface area contributed by atoms with Crippen molar-refractivity contribution in [2.24, 2.45) is 0 Å². The van der Waals surface area contributed by atoms with Crippen molar-refractivity contribution < 1.29 is 14.6 Å². The van der Waals surface area contributed by atoms with Crippen LogP contribution in [0.4, 0.5) is 5.95 Å². The molecule has 1 rings (SSSR count). The van der Waals surface area contributed by atoms with Crippen molar-refractivity contribution in [2.45, 2.75) is 13.8 Å². The topological polar surface area (TPSA) is 75.5 Å². The summed E-state index contributed by atoms with van der Waals surface area (Å²) in [5.41, 5.74) is 0.0922. The molecule has 1 N–H and O–H groups in total. The van der Waals surface area contributed by atoms with Gasteiger partial charge in [0.15, 0.2) is 0 Å². The summed E-state index contributed by atoms with van der Waals surface area (Å²) in [6.07, 6.45) is 2.63. The van der Waals surface area contributed by atoms with Crippen LogP contribution in [0.1, 0.15) is 24.2 Å². The Labute approximate surface area is 100 Å². The van der Waals surface area contributed by atoms with Crippen LogP contribution in [0.2, 0.25) is 0 Å². The highest BCUT2D eigenvalue weighted by Gasteiger charge is 2.09. The molecule has 0 bridgehead atoms. The molecule has 0 radical (unpaired) electrons.